The molecule has 0 aliphatic carbocycles. The Balaban J connectivity index is 1.57. The van der Waals surface area contributed by atoms with Gasteiger partial charge in [-0.1, -0.05) is 12.1 Å². The number of hydrogen-bond acceptors (Lipinski definition) is 5. The van der Waals surface area contributed by atoms with Crippen molar-refractivity contribution in [3.05, 3.63) is 101 Å². The van der Waals surface area contributed by atoms with Crippen molar-refractivity contribution in [3.8, 4) is 17.0 Å². The molecule has 1 heterocycles. The number of rotatable bonds is 10. The van der Waals surface area contributed by atoms with Crippen LogP contribution < -0.4 is 15.4 Å². The third kappa shape index (κ3) is 8.13. The fourth-order valence-corrected chi connectivity index (χ4v) is 3.82. The second-order valence-electron chi connectivity index (χ2n) is 8.85. The maximum atomic E-state index is 13.9. The zero-order valence-corrected chi connectivity index (χ0v) is 21.4. The van der Waals surface area contributed by atoms with Crippen LogP contribution >= 0.6 is 0 Å². The molecule has 0 aliphatic rings. The summed E-state index contributed by atoms with van der Waals surface area (Å²) in [5, 5.41) is 18.0. The number of nitrogens with zero attached hydrogens (tertiary/aromatic N) is 2. The predicted molar refractivity (Wildman–Crippen MR) is 139 cm³/mol. The Labute approximate surface area is 234 Å². The monoisotopic (exact) mass is 588 g/mol. The number of halogens is 5. The smallest absolute Gasteiger partial charge is 0.481 e. The summed E-state index contributed by atoms with van der Waals surface area (Å²) in [6, 6.07) is 14.6. The number of carboxylic acids is 1. The molecule has 0 saturated carbocycles. The highest BCUT2D eigenvalue weighted by Crippen LogP contribution is 2.26. The number of amides is 2. The highest BCUT2D eigenvalue weighted by atomic mass is 19.4. The van der Waals surface area contributed by atoms with E-state index in [1.54, 1.807) is 12.1 Å². The molecule has 4 aromatic rings. The van der Waals surface area contributed by atoms with Gasteiger partial charge in [0.1, 0.15) is 23.1 Å². The Morgan fingerprint density at radius 3 is 2.12 bits per heavy atom. The zero-order valence-electron chi connectivity index (χ0n) is 21.4. The predicted octanol–water partition coefficient (Wildman–Crippen LogP) is 5.23. The highest BCUT2D eigenvalue weighted by Gasteiger charge is 2.31. The van der Waals surface area contributed by atoms with E-state index in [1.807, 2.05) is 0 Å². The van der Waals surface area contributed by atoms with Gasteiger partial charge in [-0.25, -0.2) is 8.78 Å². The minimum Gasteiger partial charge on any atom is -0.481 e. The molecule has 14 heteroatoms. The minimum atomic E-state index is -4.88. The number of hydrogen-bond donors (Lipinski definition) is 3. The second kappa shape index (κ2) is 12.5. The lowest BCUT2D eigenvalue weighted by Gasteiger charge is -2.11. The van der Waals surface area contributed by atoms with Gasteiger partial charge >= 0.3 is 12.3 Å². The molecule has 0 spiro atoms. The Hall–Kier alpha value is -5.27. The Kier molecular flexibility index (Phi) is 8.84. The molecule has 3 aromatic carbocycles. The maximum Gasteiger partial charge on any atom is 0.573 e. The van der Waals surface area contributed by atoms with E-state index in [-0.39, 0.29) is 47.7 Å². The third-order valence-corrected chi connectivity index (χ3v) is 5.69. The van der Waals surface area contributed by atoms with Gasteiger partial charge in [-0.3, -0.25) is 19.1 Å². The van der Waals surface area contributed by atoms with Crippen molar-refractivity contribution in [3.63, 3.8) is 0 Å². The van der Waals surface area contributed by atoms with Crippen LogP contribution in [0.25, 0.3) is 11.3 Å². The Bertz CT molecular complexity index is 1580. The molecule has 0 radical (unpaired) electrons. The zero-order chi connectivity index (χ0) is 30.4. The van der Waals surface area contributed by atoms with E-state index in [2.05, 4.69) is 20.5 Å². The van der Waals surface area contributed by atoms with Crippen molar-refractivity contribution in [1.82, 2.24) is 15.1 Å². The summed E-state index contributed by atoms with van der Waals surface area (Å²) in [6.07, 6.45) is -5.12. The molecule has 3 N–H and O–H groups in total. The number of aromatic nitrogens is 2. The fraction of sp³-hybridized carbons (Fsp3) is 0.143. The standard InChI is InChI=1S/C28H21F5N4O5/c29-19-11-18(12-20(30)13-19)23-14-24(27(41)35-21-5-7-22(8-6-21)42-28(31,32)33)37(36-23)15-16-1-3-17(4-2-16)26(40)34-10-9-25(38)39/h1-8,11-14H,9-10,15H2,(H,34,40)(H,35,41)(H,38,39). The van der Waals surface area contributed by atoms with Crippen LogP contribution in [0.3, 0.4) is 0 Å². The van der Waals surface area contributed by atoms with Crippen molar-refractivity contribution >= 4 is 23.5 Å². The summed E-state index contributed by atoms with van der Waals surface area (Å²) >= 11 is 0. The van der Waals surface area contributed by atoms with Gasteiger partial charge in [0.15, 0.2) is 0 Å². The SMILES string of the molecule is O=C(O)CCNC(=O)c1ccc(Cn2nc(-c3cc(F)cc(F)c3)cc2C(=O)Nc2ccc(OC(F)(F)F)cc2)cc1. The molecular formula is C28H21F5N4O5. The van der Waals surface area contributed by atoms with E-state index in [1.165, 1.54) is 35.0 Å². The quantitative estimate of drug-likeness (QED) is 0.218. The highest BCUT2D eigenvalue weighted by molar-refractivity contribution is 6.03. The summed E-state index contributed by atoms with van der Waals surface area (Å²) in [5.74, 6) is -4.46. The molecule has 0 saturated heterocycles. The summed E-state index contributed by atoms with van der Waals surface area (Å²) in [5.41, 5.74) is 1.07. The van der Waals surface area contributed by atoms with Gasteiger partial charge in [-0.05, 0) is 60.2 Å². The summed E-state index contributed by atoms with van der Waals surface area (Å²) in [6.45, 7) is -0.0664. The topological polar surface area (TPSA) is 123 Å². The molecular weight excluding hydrogens is 567 g/mol. The number of carbonyl (C=O) groups excluding carboxylic acids is 2. The van der Waals surface area contributed by atoms with Gasteiger partial charge in [-0.15, -0.1) is 13.2 Å². The first kappa shape index (κ1) is 29.7. The first-order chi connectivity index (χ1) is 19.9. The van der Waals surface area contributed by atoms with Crippen LogP contribution in [-0.2, 0) is 11.3 Å². The second-order valence-corrected chi connectivity index (χ2v) is 8.85. The molecule has 4 rings (SSSR count). The van der Waals surface area contributed by atoms with Gasteiger partial charge in [0, 0.05) is 29.4 Å². The summed E-state index contributed by atoms with van der Waals surface area (Å²) in [4.78, 5) is 36.0. The van der Waals surface area contributed by atoms with Crippen LogP contribution in [-0.4, -0.2) is 45.6 Å². The first-order valence-electron chi connectivity index (χ1n) is 12.2. The number of nitrogens with one attached hydrogen (secondary N) is 2. The summed E-state index contributed by atoms with van der Waals surface area (Å²) in [7, 11) is 0. The van der Waals surface area contributed by atoms with Gasteiger partial charge < -0.3 is 20.5 Å². The Morgan fingerprint density at radius 1 is 0.881 bits per heavy atom. The van der Waals surface area contributed by atoms with Gasteiger partial charge in [-0.2, -0.15) is 5.10 Å². The normalized spacial score (nSPS) is 11.2. The van der Waals surface area contributed by atoms with E-state index >= 15 is 0 Å². The number of ether oxygens (including phenoxy) is 1. The number of aliphatic carboxylic acids is 1. The Morgan fingerprint density at radius 2 is 1.52 bits per heavy atom. The van der Waals surface area contributed by atoms with Crippen LogP contribution in [0.1, 0.15) is 32.8 Å². The van der Waals surface area contributed by atoms with Gasteiger partial charge in [0.2, 0.25) is 0 Å². The van der Waals surface area contributed by atoms with Gasteiger partial charge in [0.05, 0.1) is 18.7 Å². The van der Waals surface area contributed by atoms with Crippen molar-refractivity contribution in [1.29, 1.82) is 0 Å². The molecule has 0 aliphatic heterocycles. The number of alkyl halides is 3. The lowest BCUT2D eigenvalue weighted by atomic mass is 10.1. The number of benzene rings is 3. The van der Waals surface area contributed by atoms with Crippen LogP contribution in [0.2, 0.25) is 0 Å². The van der Waals surface area contributed by atoms with Crippen molar-refractivity contribution in [2.75, 3.05) is 11.9 Å². The van der Waals surface area contributed by atoms with Crippen LogP contribution in [0.15, 0.2) is 72.8 Å². The lowest BCUT2D eigenvalue weighted by Crippen LogP contribution is -2.26. The molecule has 0 unspecified atom stereocenters. The van der Waals surface area contributed by atoms with E-state index in [4.69, 9.17) is 5.11 Å². The molecule has 2 amide bonds. The van der Waals surface area contributed by atoms with E-state index in [9.17, 15) is 36.3 Å². The largest absolute Gasteiger partial charge is 0.573 e. The van der Waals surface area contributed by atoms with Crippen LogP contribution in [0, 0.1) is 11.6 Å². The minimum absolute atomic E-state index is 0.0141. The first-order valence-corrected chi connectivity index (χ1v) is 12.2. The van der Waals surface area contributed by atoms with Gasteiger partial charge in [0.25, 0.3) is 11.8 Å². The molecule has 218 valence electrons. The number of carbonyl (C=O) groups is 3. The van der Waals surface area contributed by atoms with E-state index in [0.717, 1.165) is 24.3 Å². The third-order valence-electron chi connectivity index (χ3n) is 5.69. The average molecular weight is 588 g/mol. The summed E-state index contributed by atoms with van der Waals surface area (Å²) < 4.78 is 70.1. The fourth-order valence-electron chi connectivity index (χ4n) is 3.82. The molecule has 0 atom stereocenters. The maximum absolute atomic E-state index is 13.9. The van der Waals surface area contributed by atoms with E-state index in [0.29, 0.717) is 11.6 Å². The van der Waals surface area contributed by atoms with Crippen LogP contribution in [0.5, 0.6) is 5.75 Å². The van der Waals surface area contributed by atoms with E-state index < -0.39 is 41.5 Å². The molecule has 0 bridgehead atoms. The van der Waals surface area contributed by atoms with Crippen molar-refractivity contribution < 1.29 is 46.2 Å². The van der Waals surface area contributed by atoms with Crippen molar-refractivity contribution in [2.45, 2.75) is 19.3 Å². The number of anilines is 1. The molecule has 0 fully saturated rings. The molecule has 1 aromatic heterocycles. The van der Waals surface area contributed by atoms with Crippen molar-refractivity contribution in [2.24, 2.45) is 0 Å². The molecule has 42 heavy (non-hydrogen) atoms. The molecule has 9 nitrogen and oxygen atoms in total. The van der Waals surface area contributed by atoms with Crippen LogP contribution in [0.4, 0.5) is 27.6 Å². The lowest BCUT2D eigenvalue weighted by molar-refractivity contribution is -0.274. The average Bonchev–Trinajstić information content (AvgIpc) is 3.32. The number of carboxylic acid groups (broad SMARTS) is 1.